The van der Waals surface area contributed by atoms with Gasteiger partial charge in [-0.25, -0.2) is 4.99 Å². The van der Waals surface area contributed by atoms with Crippen LogP contribution >= 0.6 is 24.0 Å². The van der Waals surface area contributed by atoms with E-state index < -0.39 is 0 Å². The highest BCUT2D eigenvalue weighted by Crippen LogP contribution is 2.19. The van der Waals surface area contributed by atoms with Crippen molar-refractivity contribution in [1.82, 2.24) is 20.4 Å². The third-order valence-corrected chi connectivity index (χ3v) is 5.28. The topological polar surface area (TPSA) is 69.2 Å². The van der Waals surface area contributed by atoms with Gasteiger partial charge in [-0.1, -0.05) is 42.5 Å². The van der Waals surface area contributed by atoms with E-state index in [2.05, 4.69) is 69.8 Å². The quantitative estimate of drug-likeness (QED) is 0.233. The number of amides is 1. The predicted octanol–water partition coefficient (Wildman–Crippen LogP) is 2.30. The Labute approximate surface area is 202 Å². The maximum absolute atomic E-state index is 12.0. The maximum Gasteiger partial charge on any atom is 0.234 e. The molecule has 0 bridgehead atoms. The molecule has 1 aliphatic heterocycles. The number of fused-ring (bicyclic) bond motifs is 1. The van der Waals surface area contributed by atoms with Crippen LogP contribution in [-0.2, 0) is 16.1 Å². The minimum absolute atomic E-state index is 0. The van der Waals surface area contributed by atoms with Gasteiger partial charge in [-0.3, -0.25) is 9.69 Å². The molecule has 8 heteroatoms. The average molecular weight is 539 g/mol. The molecule has 1 saturated heterocycles. The normalized spacial score (nSPS) is 14.9. The number of carbonyl (C=O) groups is 1. The van der Waals surface area contributed by atoms with E-state index in [9.17, 15) is 4.79 Å². The SMILES string of the molecule is CCNC(=NCc1cccc2ccccc12)N1CCN(CC(=O)NCCOC)CC1.I. The Kier molecular flexibility index (Phi) is 11.0. The van der Waals surface area contributed by atoms with Crippen molar-refractivity contribution in [2.75, 3.05) is 59.5 Å². The van der Waals surface area contributed by atoms with Gasteiger partial charge in [0.05, 0.1) is 19.7 Å². The molecule has 1 amide bonds. The summed E-state index contributed by atoms with van der Waals surface area (Å²) < 4.78 is 4.97. The van der Waals surface area contributed by atoms with Gasteiger partial charge in [0.15, 0.2) is 5.96 Å². The van der Waals surface area contributed by atoms with Gasteiger partial charge >= 0.3 is 0 Å². The Morgan fingerprint density at radius 1 is 1.06 bits per heavy atom. The summed E-state index contributed by atoms with van der Waals surface area (Å²) in [6.07, 6.45) is 0. The van der Waals surface area contributed by atoms with Crippen molar-refractivity contribution in [3.63, 3.8) is 0 Å². The number of hydrogen-bond donors (Lipinski definition) is 2. The molecule has 0 atom stereocenters. The minimum atomic E-state index is 0. The number of piperazine rings is 1. The van der Waals surface area contributed by atoms with Gasteiger partial charge in [0, 0.05) is 46.4 Å². The first-order valence-corrected chi connectivity index (χ1v) is 10.7. The highest BCUT2D eigenvalue weighted by Gasteiger charge is 2.21. The molecule has 3 rings (SSSR count). The second kappa shape index (κ2) is 13.5. The number of aliphatic imine (C=N–C) groups is 1. The second-order valence-corrected chi connectivity index (χ2v) is 7.41. The van der Waals surface area contributed by atoms with E-state index in [-0.39, 0.29) is 29.9 Å². The molecular formula is C23H34IN5O2. The number of carbonyl (C=O) groups excluding carboxylic acids is 1. The summed E-state index contributed by atoms with van der Waals surface area (Å²) in [5.41, 5.74) is 1.23. The number of nitrogens with zero attached hydrogens (tertiary/aromatic N) is 3. The number of benzene rings is 2. The summed E-state index contributed by atoms with van der Waals surface area (Å²) >= 11 is 0. The van der Waals surface area contributed by atoms with Crippen molar-refractivity contribution in [2.45, 2.75) is 13.5 Å². The molecule has 2 aromatic carbocycles. The summed E-state index contributed by atoms with van der Waals surface area (Å²) in [4.78, 5) is 21.4. The van der Waals surface area contributed by atoms with Gasteiger partial charge in [-0.15, -0.1) is 24.0 Å². The van der Waals surface area contributed by atoms with Crippen molar-refractivity contribution in [1.29, 1.82) is 0 Å². The van der Waals surface area contributed by atoms with Crippen molar-refractivity contribution in [2.24, 2.45) is 4.99 Å². The van der Waals surface area contributed by atoms with E-state index >= 15 is 0 Å². The first-order valence-electron chi connectivity index (χ1n) is 10.7. The van der Waals surface area contributed by atoms with Crippen molar-refractivity contribution < 1.29 is 9.53 Å². The lowest BCUT2D eigenvalue weighted by Gasteiger charge is -2.36. The zero-order chi connectivity index (χ0) is 21.2. The Morgan fingerprint density at radius 2 is 1.81 bits per heavy atom. The lowest BCUT2D eigenvalue weighted by Crippen LogP contribution is -2.54. The van der Waals surface area contributed by atoms with Crippen molar-refractivity contribution >= 4 is 46.6 Å². The number of halogens is 1. The Bertz CT molecular complexity index is 847. The number of nitrogens with one attached hydrogen (secondary N) is 2. The molecule has 1 fully saturated rings. The van der Waals surface area contributed by atoms with Gasteiger partial charge in [0.1, 0.15) is 0 Å². The summed E-state index contributed by atoms with van der Waals surface area (Å²) in [7, 11) is 1.63. The molecule has 0 unspecified atom stereocenters. The fourth-order valence-electron chi connectivity index (χ4n) is 3.69. The van der Waals surface area contributed by atoms with E-state index in [0.29, 0.717) is 26.2 Å². The molecule has 0 saturated carbocycles. The molecule has 2 N–H and O–H groups in total. The number of methoxy groups -OCH3 is 1. The molecule has 0 aromatic heterocycles. The molecule has 170 valence electrons. The van der Waals surface area contributed by atoms with Crippen LogP contribution in [-0.4, -0.2) is 81.2 Å². The first-order chi connectivity index (χ1) is 14.7. The average Bonchev–Trinajstić information content (AvgIpc) is 2.77. The smallest absolute Gasteiger partial charge is 0.234 e. The summed E-state index contributed by atoms with van der Waals surface area (Å²) in [5, 5.41) is 8.80. The summed E-state index contributed by atoms with van der Waals surface area (Å²) in [6.45, 7) is 8.49. The highest BCUT2D eigenvalue weighted by molar-refractivity contribution is 14.0. The van der Waals surface area contributed by atoms with Crippen molar-refractivity contribution in [3.8, 4) is 0 Å². The molecule has 7 nitrogen and oxygen atoms in total. The molecular weight excluding hydrogens is 505 g/mol. The molecule has 31 heavy (non-hydrogen) atoms. The van der Waals surface area contributed by atoms with E-state index in [1.807, 2.05) is 0 Å². The fraction of sp³-hybridized carbons (Fsp3) is 0.478. The van der Waals surface area contributed by atoms with Crippen LogP contribution in [0.25, 0.3) is 10.8 Å². The zero-order valence-electron chi connectivity index (χ0n) is 18.5. The van der Waals surface area contributed by atoms with Crippen molar-refractivity contribution in [3.05, 3.63) is 48.0 Å². The minimum Gasteiger partial charge on any atom is -0.383 e. The largest absolute Gasteiger partial charge is 0.383 e. The summed E-state index contributed by atoms with van der Waals surface area (Å²) in [6, 6.07) is 14.8. The standard InChI is InChI=1S/C23H33N5O2.HI/c1-3-24-23(26-17-20-9-6-8-19-7-4-5-10-21(19)20)28-14-12-27(13-15-28)18-22(29)25-11-16-30-2;/h4-10H,3,11-18H2,1-2H3,(H,24,26)(H,25,29);1H. The Morgan fingerprint density at radius 3 is 2.55 bits per heavy atom. The zero-order valence-corrected chi connectivity index (χ0v) is 20.8. The molecule has 2 aromatic rings. The first kappa shape index (κ1) is 25.4. The molecule has 0 radical (unpaired) electrons. The van der Waals surface area contributed by atoms with Gasteiger partial charge in [0.25, 0.3) is 0 Å². The Balaban J connectivity index is 0.00000341. The van der Waals surface area contributed by atoms with Crippen LogP contribution in [0.15, 0.2) is 47.5 Å². The molecule has 1 aliphatic rings. The van der Waals surface area contributed by atoms with Crippen LogP contribution in [0, 0.1) is 0 Å². The van der Waals surface area contributed by atoms with Crippen LogP contribution < -0.4 is 10.6 Å². The lowest BCUT2D eigenvalue weighted by atomic mass is 10.1. The molecule has 0 aliphatic carbocycles. The Hall–Kier alpha value is -1.91. The highest BCUT2D eigenvalue weighted by atomic mass is 127. The monoisotopic (exact) mass is 539 g/mol. The van der Waals surface area contributed by atoms with Gasteiger partial charge in [0.2, 0.25) is 5.91 Å². The van der Waals surface area contributed by atoms with Gasteiger partial charge in [-0.2, -0.15) is 0 Å². The maximum atomic E-state index is 12.0. The van der Waals surface area contributed by atoms with Crippen LogP contribution in [0.1, 0.15) is 12.5 Å². The fourth-order valence-corrected chi connectivity index (χ4v) is 3.69. The third kappa shape index (κ3) is 7.62. The van der Waals surface area contributed by atoms with Crippen LogP contribution in [0.3, 0.4) is 0 Å². The molecule has 1 heterocycles. The van der Waals surface area contributed by atoms with Crippen LogP contribution in [0.4, 0.5) is 0 Å². The van der Waals surface area contributed by atoms with E-state index in [0.717, 1.165) is 38.7 Å². The van der Waals surface area contributed by atoms with Gasteiger partial charge < -0.3 is 20.3 Å². The lowest BCUT2D eigenvalue weighted by molar-refractivity contribution is -0.122. The second-order valence-electron chi connectivity index (χ2n) is 7.41. The van der Waals surface area contributed by atoms with E-state index in [4.69, 9.17) is 9.73 Å². The number of ether oxygens (including phenoxy) is 1. The number of rotatable bonds is 8. The van der Waals surface area contributed by atoms with E-state index in [1.54, 1.807) is 7.11 Å². The predicted molar refractivity (Wildman–Crippen MR) is 137 cm³/mol. The number of hydrogen-bond acceptors (Lipinski definition) is 4. The number of guanidine groups is 1. The molecule has 0 spiro atoms. The van der Waals surface area contributed by atoms with Crippen LogP contribution in [0.2, 0.25) is 0 Å². The summed E-state index contributed by atoms with van der Waals surface area (Å²) in [5.74, 6) is 0.992. The van der Waals surface area contributed by atoms with Gasteiger partial charge in [-0.05, 0) is 23.3 Å². The van der Waals surface area contributed by atoms with Crippen LogP contribution in [0.5, 0.6) is 0 Å². The third-order valence-electron chi connectivity index (χ3n) is 5.28. The van der Waals surface area contributed by atoms with E-state index in [1.165, 1.54) is 16.3 Å².